The number of ketones is 1. The van der Waals surface area contributed by atoms with Crippen molar-refractivity contribution in [2.45, 2.75) is 33.3 Å². The van der Waals surface area contributed by atoms with E-state index in [9.17, 15) is 9.59 Å². The molecule has 2 aromatic rings. The Bertz CT molecular complexity index is 754. The van der Waals surface area contributed by atoms with Crippen LogP contribution in [0.4, 0.5) is 0 Å². The average Bonchev–Trinajstić information content (AvgIpc) is 2.93. The molecule has 2 heterocycles. The third-order valence-electron chi connectivity index (χ3n) is 4.25. The zero-order chi connectivity index (χ0) is 17.3. The van der Waals surface area contributed by atoms with Crippen LogP contribution in [0.1, 0.15) is 33.3 Å². The van der Waals surface area contributed by atoms with E-state index in [0.29, 0.717) is 24.4 Å². The Labute approximate surface area is 146 Å². The standard InChI is InChI=1S/C19H21NO3S/c1-12-5-4-6-13(2)19(12)23-16-9-20(10-16)18(22)8-15-7-17(14(3)21)24-11-15/h4-7,11,16H,8-10H2,1-3H3. The fourth-order valence-electron chi connectivity index (χ4n) is 2.81. The van der Waals surface area contributed by atoms with Crippen molar-refractivity contribution in [1.82, 2.24) is 4.90 Å². The van der Waals surface area contributed by atoms with Crippen molar-refractivity contribution in [2.24, 2.45) is 0 Å². The van der Waals surface area contributed by atoms with Gasteiger partial charge in [0, 0.05) is 0 Å². The van der Waals surface area contributed by atoms with Crippen LogP contribution in [0.2, 0.25) is 0 Å². The van der Waals surface area contributed by atoms with Gasteiger partial charge in [0.05, 0.1) is 24.4 Å². The van der Waals surface area contributed by atoms with Crippen molar-refractivity contribution in [3.05, 3.63) is 51.2 Å². The van der Waals surface area contributed by atoms with Gasteiger partial charge < -0.3 is 9.64 Å². The number of benzene rings is 1. The Balaban J connectivity index is 1.52. The van der Waals surface area contributed by atoms with Gasteiger partial charge in [-0.15, -0.1) is 11.3 Å². The Morgan fingerprint density at radius 1 is 1.25 bits per heavy atom. The fourth-order valence-corrected chi connectivity index (χ4v) is 3.62. The predicted molar refractivity (Wildman–Crippen MR) is 94.9 cm³/mol. The summed E-state index contributed by atoms with van der Waals surface area (Å²) >= 11 is 1.40. The van der Waals surface area contributed by atoms with E-state index < -0.39 is 0 Å². The van der Waals surface area contributed by atoms with Crippen molar-refractivity contribution in [2.75, 3.05) is 13.1 Å². The van der Waals surface area contributed by atoms with Gasteiger partial charge in [-0.2, -0.15) is 0 Å². The maximum atomic E-state index is 12.3. The lowest BCUT2D eigenvalue weighted by Gasteiger charge is -2.39. The van der Waals surface area contributed by atoms with E-state index in [1.165, 1.54) is 11.3 Å². The third-order valence-corrected chi connectivity index (χ3v) is 5.33. The molecule has 4 nitrogen and oxygen atoms in total. The minimum Gasteiger partial charge on any atom is -0.486 e. The first-order chi connectivity index (χ1) is 11.4. The van der Waals surface area contributed by atoms with E-state index >= 15 is 0 Å². The summed E-state index contributed by atoms with van der Waals surface area (Å²) in [6.45, 7) is 6.86. The van der Waals surface area contributed by atoms with E-state index in [4.69, 9.17) is 4.74 Å². The molecule has 0 saturated carbocycles. The highest BCUT2D eigenvalue weighted by atomic mass is 32.1. The van der Waals surface area contributed by atoms with Gasteiger partial charge in [0.2, 0.25) is 5.91 Å². The van der Waals surface area contributed by atoms with Crippen molar-refractivity contribution in [3.8, 4) is 5.75 Å². The molecule has 1 aromatic carbocycles. The summed E-state index contributed by atoms with van der Waals surface area (Å²) in [5, 5.41) is 1.89. The molecule has 5 heteroatoms. The molecule has 0 radical (unpaired) electrons. The van der Waals surface area contributed by atoms with Crippen LogP contribution in [0.3, 0.4) is 0 Å². The van der Waals surface area contributed by atoms with Crippen molar-refractivity contribution in [1.29, 1.82) is 0 Å². The topological polar surface area (TPSA) is 46.6 Å². The molecule has 24 heavy (non-hydrogen) atoms. The Kier molecular flexibility index (Phi) is 4.71. The summed E-state index contributed by atoms with van der Waals surface area (Å²) in [7, 11) is 0. The number of hydrogen-bond donors (Lipinski definition) is 0. The van der Waals surface area contributed by atoms with E-state index in [-0.39, 0.29) is 17.8 Å². The Morgan fingerprint density at radius 2 is 1.92 bits per heavy atom. The SMILES string of the molecule is CC(=O)c1cc(CC(=O)N2CC(Oc3c(C)cccc3C)C2)cs1. The second-order valence-corrected chi connectivity index (χ2v) is 7.22. The highest BCUT2D eigenvalue weighted by Crippen LogP contribution is 2.26. The van der Waals surface area contributed by atoms with Gasteiger partial charge in [0.15, 0.2) is 5.78 Å². The van der Waals surface area contributed by atoms with Gasteiger partial charge >= 0.3 is 0 Å². The molecule has 1 amide bonds. The molecule has 0 atom stereocenters. The number of aryl methyl sites for hydroxylation is 2. The average molecular weight is 343 g/mol. The molecule has 126 valence electrons. The van der Waals surface area contributed by atoms with Crippen LogP contribution < -0.4 is 4.74 Å². The number of Topliss-reactive ketones (excluding diaryl/α,β-unsaturated/α-hetero) is 1. The summed E-state index contributed by atoms with van der Waals surface area (Å²) < 4.78 is 6.04. The second kappa shape index (κ2) is 6.77. The predicted octanol–water partition coefficient (Wildman–Crippen LogP) is 3.40. The van der Waals surface area contributed by atoms with Crippen LogP contribution in [0.25, 0.3) is 0 Å². The third kappa shape index (κ3) is 3.51. The number of thiophene rings is 1. The van der Waals surface area contributed by atoms with E-state index in [1.54, 1.807) is 6.92 Å². The number of carbonyl (C=O) groups is 2. The van der Waals surface area contributed by atoms with Crippen LogP contribution in [0, 0.1) is 13.8 Å². The summed E-state index contributed by atoms with van der Waals surface area (Å²) in [5.41, 5.74) is 3.15. The number of nitrogens with zero attached hydrogens (tertiary/aromatic N) is 1. The van der Waals surface area contributed by atoms with Crippen LogP contribution in [-0.4, -0.2) is 35.8 Å². The van der Waals surface area contributed by atoms with Crippen molar-refractivity contribution >= 4 is 23.0 Å². The number of rotatable bonds is 5. The van der Waals surface area contributed by atoms with Crippen LogP contribution in [0.15, 0.2) is 29.6 Å². The molecule has 0 bridgehead atoms. The second-order valence-electron chi connectivity index (χ2n) is 6.31. The molecule has 0 aliphatic carbocycles. The minimum absolute atomic E-state index is 0.0460. The van der Waals surface area contributed by atoms with Crippen LogP contribution >= 0.6 is 11.3 Å². The number of likely N-dealkylation sites (tertiary alicyclic amines) is 1. The molecule has 0 N–H and O–H groups in total. The lowest BCUT2D eigenvalue weighted by Crippen LogP contribution is -2.56. The number of ether oxygens (including phenoxy) is 1. The molecule has 1 fully saturated rings. The van der Waals surface area contributed by atoms with Gasteiger partial charge in [-0.25, -0.2) is 0 Å². The first kappa shape index (κ1) is 16.7. The van der Waals surface area contributed by atoms with Crippen LogP contribution in [-0.2, 0) is 11.2 Å². The highest BCUT2D eigenvalue weighted by molar-refractivity contribution is 7.12. The van der Waals surface area contributed by atoms with Gasteiger partial charge in [-0.3, -0.25) is 9.59 Å². The normalized spacial score (nSPS) is 14.4. The molecule has 0 spiro atoms. The zero-order valence-electron chi connectivity index (χ0n) is 14.2. The number of para-hydroxylation sites is 1. The lowest BCUT2D eigenvalue weighted by molar-refractivity contribution is -0.139. The van der Waals surface area contributed by atoms with Gasteiger partial charge in [-0.05, 0) is 48.9 Å². The van der Waals surface area contributed by atoms with Crippen molar-refractivity contribution < 1.29 is 14.3 Å². The minimum atomic E-state index is 0.0460. The van der Waals surface area contributed by atoms with Crippen molar-refractivity contribution in [3.63, 3.8) is 0 Å². The molecule has 0 unspecified atom stereocenters. The lowest BCUT2D eigenvalue weighted by atomic mass is 10.1. The van der Waals surface area contributed by atoms with E-state index in [1.807, 2.05) is 48.4 Å². The number of hydrogen-bond acceptors (Lipinski definition) is 4. The number of carbonyl (C=O) groups excluding carboxylic acids is 2. The van der Waals surface area contributed by atoms with Gasteiger partial charge in [-0.1, -0.05) is 18.2 Å². The number of amides is 1. The molecule has 1 aromatic heterocycles. The van der Waals surface area contributed by atoms with Gasteiger partial charge in [0.1, 0.15) is 11.9 Å². The molecular weight excluding hydrogens is 322 g/mol. The highest BCUT2D eigenvalue weighted by Gasteiger charge is 2.32. The summed E-state index contributed by atoms with van der Waals surface area (Å²) in [6, 6.07) is 7.90. The Morgan fingerprint density at radius 3 is 2.50 bits per heavy atom. The van der Waals surface area contributed by atoms with Gasteiger partial charge in [0.25, 0.3) is 0 Å². The fraction of sp³-hybridized carbons (Fsp3) is 0.368. The largest absolute Gasteiger partial charge is 0.486 e. The molecule has 3 rings (SSSR count). The van der Waals surface area contributed by atoms with E-state index in [2.05, 4.69) is 0 Å². The first-order valence-electron chi connectivity index (χ1n) is 8.03. The smallest absolute Gasteiger partial charge is 0.227 e. The summed E-state index contributed by atoms with van der Waals surface area (Å²) in [5.74, 6) is 1.06. The molecular formula is C19H21NO3S. The Hall–Kier alpha value is -2.14. The monoisotopic (exact) mass is 343 g/mol. The summed E-state index contributed by atoms with van der Waals surface area (Å²) in [4.78, 5) is 26.1. The molecule has 1 saturated heterocycles. The van der Waals surface area contributed by atoms with Crippen LogP contribution in [0.5, 0.6) is 5.75 Å². The summed E-state index contributed by atoms with van der Waals surface area (Å²) in [6.07, 6.45) is 0.406. The quantitative estimate of drug-likeness (QED) is 0.782. The first-order valence-corrected chi connectivity index (χ1v) is 8.91. The zero-order valence-corrected chi connectivity index (χ0v) is 15.0. The van der Waals surface area contributed by atoms with E-state index in [0.717, 1.165) is 22.4 Å². The maximum Gasteiger partial charge on any atom is 0.227 e. The molecule has 1 aliphatic heterocycles. The maximum absolute atomic E-state index is 12.3. The molecule has 1 aliphatic rings.